The van der Waals surface area contributed by atoms with E-state index in [-0.39, 0.29) is 5.91 Å². The smallest absolute Gasteiger partial charge is 0.227 e. The van der Waals surface area contributed by atoms with E-state index >= 15 is 0 Å². The van der Waals surface area contributed by atoms with Crippen LogP contribution in [0.15, 0.2) is 16.1 Å². The third kappa shape index (κ3) is 3.58. The van der Waals surface area contributed by atoms with Crippen molar-refractivity contribution in [1.29, 1.82) is 0 Å². The van der Waals surface area contributed by atoms with Gasteiger partial charge in [-0.25, -0.2) is 4.98 Å². The fourth-order valence-corrected chi connectivity index (χ4v) is 3.68. The maximum absolute atomic E-state index is 12.5. The van der Waals surface area contributed by atoms with Gasteiger partial charge in [0.15, 0.2) is 11.0 Å². The molecule has 1 saturated carbocycles. The van der Waals surface area contributed by atoms with Gasteiger partial charge in [0.25, 0.3) is 0 Å². The molecule has 128 valence electrons. The van der Waals surface area contributed by atoms with Gasteiger partial charge < -0.3 is 14.3 Å². The van der Waals surface area contributed by atoms with Gasteiger partial charge in [0, 0.05) is 56.5 Å². The molecule has 1 saturated heterocycles. The maximum atomic E-state index is 12.5. The Morgan fingerprint density at radius 1 is 1.29 bits per heavy atom. The van der Waals surface area contributed by atoms with Crippen LogP contribution in [0.5, 0.6) is 0 Å². The lowest BCUT2D eigenvalue weighted by molar-refractivity contribution is -0.131. The normalized spacial score (nSPS) is 18.7. The number of anilines is 1. The van der Waals surface area contributed by atoms with Crippen molar-refractivity contribution in [3.05, 3.63) is 23.3 Å². The number of thiazole rings is 1. The Kier molecular flexibility index (Phi) is 4.46. The summed E-state index contributed by atoms with van der Waals surface area (Å²) in [6.07, 6.45) is 6.07. The Morgan fingerprint density at radius 3 is 3.00 bits per heavy atom. The highest BCUT2D eigenvalue weighted by atomic mass is 32.1. The first-order valence-electron chi connectivity index (χ1n) is 8.54. The molecule has 7 nitrogen and oxygen atoms in total. The van der Waals surface area contributed by atoms with Crippen LogP contribution in [-0.2, 0) is 11.2 Å². The molecular formula is C16H21N5O2S. The van der Waals surface area contributed by atoms with Crippen LogP contribution >= 0.6 is 11.3 Å². The van der Waals surface area contributed by atoms with E-state index in [1.807, 2.05) is 16.5 Å². The first kappa shape index (κ1) is 15.6. The molecule has 2 aromatic heterocycles. The average molecular weight is 347 g/mol. The van der Waals surface area contributed by atoms with E-state index < -0.39 is 0 Å². The van der Waals surface area contributed by atoms with Crippen LogP contribution in [0.25, 0.3) is 0 Å². The van der Waals surface area contributed by atoms with Crippen LogP contribution in [0.4, 0.5) is 5.13 Å². The highest BCUT2D eigenvalue weighted by Crippen LogP contribution is 2.38. The molecule has 4 rings (SSSR count). The third-order valence-corrected chi connectivity index (χ3v) is 5.35. The summed E-state index contributed by atoms with van der Waals surface area (Å²) in [6, 6.07) is 0. The van der Waals surface area contributed by atoms with Crippen molar-refractivity contribution < 1.29 is 9.32 Å². The summed E-state index contributed by atoms with van der Waals surface area (Å²) in [7, 11) is 0. The van der Waals surface area contributed by atoms with E-state index in [0.717, 1.165) is 56.4 Å². The molecule has 2 aliphatic rings. The minimum Gasteiger partial charge on any atom is -0.346 e. The fraction of sp³-hybridized carbons (Fsp3) is 0.625. The van der Waals surface area contributed by atoms with Gasteiger partial charge in [0.2, 0.25) is 11.8 Å². The highest BCUT2D eigenvalue weighted by Gasteiger charge is 2.29. The molecule has 3 heterocycles. The number of hydrogen-bond donors (Lipinski definition) is 0. The van der Waals surface area contributed by atoms with Crippen LogP contribution in [0.2, 0.25) is 0 Å². The number of rotatable bonds is 5. The lowest BCUT2D eigenvalue weighted by Crippen LogP contribution is -2.35. The summed E-state index contributed by atoms with van der Waals surface area (Å²) in [5, 5.41) is 7.03. The predicted octanol–water partition coefficient (Wildman–Crippen LogP) is 2.07. The maximum Gasteiger partial charge on any atom is 0.227 e. The van der Waals surface area contributed by atoms with E-state index in [2.05, 4.69) is 20.0 Å². The molecule has 2 aromatic rings. The van der Waals surface area contributed by atoms with E-state index in [9.17, 15) is 4.79 Å². The Hall–Kier alpha value is -1.96. The van der Waals surface area contributed by atoms with Crippen LogP contribution in [0.1, 0.15) is 43.3 Å². The number of nitrogens with zero attached hydrogens (tertiary/aromatic N) is 5. The average Bonchev–Trinajstić information content (AvgIpc) is 3.19. The first-order valence-corrected chi connectivity index (χ1v) is 9.42. The van der Waals surface area contributed by atoms with Gasteiger partial charge in [0.1, 0.15) is 0 Å². The SMILES string of the molecule is O=C(CCc1nc(C2CC2)no1)N1CCCN(c2nccs2)CC1. The Balaban J connectivity index is 1.27. The molecule has 2 fully saturated rings. The zero-order valence-corrected chi connectivity index (χ0v) is 14.4. The fourth-order valence-electron chi connectivity index (χ4n) is 2.98. The molecule has 1 amide bonds. The van der Waals surface area contributed by atoms with Crippen molar-refractivity contribution in [2.75, 3.05) is 31.1 Å². The Labute approximate surface area is 144 Å². The summed E-state index contributed by atoms with van der Waals surface area (Å²) < 4.78 is 5.25. The molecule has 0 spiro atoms. The molecule has 1 aliphatic heterocycles. The van der Waals surface area contributed by atoms with Crippen LogP contribution in [0.3, 0.4) is 0 Å². The second kappa shape index (κ2) is 6.88. The monoisotopic (exact) mass is 347 g/mol. The first-order chi connectivity index (χ1) is 11.8. The summed E-state index contributed by atoms with van der Waals surface area (Å²) in [5.74, 6) is 2.05. The zero-order valence-electron chi connectivity index (χ0n) is 13.6. The molecule has 0 atom stereocenters. The summed E-state index contributed by atoms with van der Waals surface area (Å²) in [4.78, 5) is 25.4. The van der Waals surface area contributed by atoms with Gasteiger partial charge in [-0.15, -0.1) is 11.3 Å². The standard InChI is InChI=1S/C16H21N5O2S/c22-14(5-4-13-18-15(19-23-13)12-2-3-12)20-7-1-8-21(10-9-20)16-17-6-11-24-16/h6,11-12H,1-5,7-10H2. The minimum absolute atomic E-state index is 0.169. The van der Waals surface area contributed by atoms with Gasteiger partial charge in [-0.3, -0.25) is 4.79 Å². The molecule has 0 aromatic carbocycles. The van der Waals surface area contributed by atoms with Crippen LogP contribution in [0, 0.1) is 0 Å². The molecule has 0 radical (unpaired) electrons. The quantitative estimate of drug-likeness (QED) is 0.824. The van der Waals surface area contributed by atoms with Gasteiger partial charge in [-0.2, -0.15) is 4.98 Å². The molecule has 0 bridgehead atoms. The topological polar surface area (TPSA) is 75.4 Å². The molecule has 8 heteroatoms. The number of aromatic nitrogens is 3. The Bertz CT molecular complexity index is 682. The summed E-state index contributed by atoms with van der Waals surface area (Å²) >= 11 is 1.65. The molecule has 0 unspecified atom stereocenters. The third-order valence-electron chi connectivity index (χ3n) is 4.52. The number of carbonyl (C=O) groups is 1. The number of amides is 1. The van der Waals surface area contributed by atoms with E-state index in [1.165, 1.54) is 0 Å². The lowest BCUT2D eigenvalue weighted by atomic mass is 10.2. The lowest BCUT2D eigenvalue weighted by Gasteiger charge is -2.21. The van der Waals surface area contributed by atoms with Crippen molar-refractivity contribution in [3.63, 3.8) is 0 Å². The van der Waals surface area contributed by atoms with Crippen LogP contribution in [-0.4, -0.2) is 52.1 Å². The van der Waals surface area contributed by atoms with Crippen molar-refractivity contribution in [1.82, 2.24) is 20.0 Å². The van der Waals surface area contributed by atoms with Crippen LogP contribution < -0.4 is 4.90 Å². The van der Waals surface area contributed by atoms with Gasteiger partial charge in [-0.1, -0.05) is 5.16 Å². The summed E-state index contributed by atoms with van der Waals surface area (Å²) in [6.45, 7) is 3.34. The largest absolute Gasteiger partial charge is 0.346 e. The van der Waals surface area contributed by atoms with E-state index in [0.29, 0.717) is 24.7 Å². The second-order valence-electron chi connectivity index (χ2n) is 6.36. The number of hydrogen-bond acceptors (Lipinski definition) is 7. The Morgan fingerprint density at radius 2 is 2.21 bits per heavy atom. The van der Waals surface area contributed by atoms with Gasteiger partial charge >= 0.3 is 0 Å². The predicted molar refractivity (Wildman–Crippen MR) is 90.1 cm³/mol. The van der Waals surface area contributed by atoms with Crippen molar-refractivity contribution in [2.45, 2.75) is 38.0 Å². The second-order valence-corrected chi connectivity index (χ2v) is 7.23. The zero-order chi connectivity index (χ0) is 16.4. The minimum atomic E-state index is 0.169. The number of carbonyl (C=O) groups excluding carboxylic acids is 1. The number of aryl methyl sites for hydroxylation is 1. The van der Waals surface area contributed by atoms with Gasteiger partial charge in [0.05, 0.1) is 0 Å². The summed E-state index contributed by atoms with van der Waals surface area (Å²) in [5.41, 5.74) is 0. The molecule has 0 N–H and O–H groups in total. The van der Waals surface area contributed by atoms with E-state index in [4.69, 9.17) is 4.52 Å². The van der Waals surface area contributed by atoms with Gasteiger partial charge in [-0.05, 0) is 19.3 Å². The highest BCUT2D eigenvalue weighted by molar-refractivity contribution is 7.13. The van der Waals surface area contributed by atoms with Crippen molar-refractivity contribution in [3.8, 4) is 0 Å². The van der Waals surface area contributed by atoms with Crippen molar-refractivity contribution >= 4 is 22.4 Å². The molecule has 1 aliphatic carbocycles. The molecular weight excluding hydrogens is 326 g/mol. The molecule has 24 heavy (non-hydrogen) atoms. The van der Waals surface area contributed by atoms with Crippen molar-refractivity contribution in [2.24, 2.45) is 0 Å². The van der Waals surface area contributed by atoms with E-state index in [1.54, 1.807) is 11.3 Å².